The van der Waals surface area contributed by atoms with Gasteiger partial charge in [-0.25, -0.2) is 4.98 Å². The summed E-state index contributed by atoms with van der Waals surface area (Å²) in [5.74, 6) is 0. The lowest BCUT2D eigenvalue weighted by molar-refractivity contribution is 0.255. The number of aromatic nitrogens is 1. The van der Waals surface area contributed by atoms with E-state index in [0.29, 0.717) is 11.8 Å². The predicted molar refractivity (Wildman–Crippen MR) is 65.1 cm³/mol. The van der Waals surface area contributed by atoms with E-state index < -0.39 is 0 Å². The molecule has 1 aliphatic carbocycles. The van der Waals surface area contributed by atoms with Gasteiger partial charge in [0.1, 0.15) is 0 Å². The van der Waals surface area contributed by atoms with Gasteiger partial charge in [-0.1, -0.05) is 0 Å². The molecular weight excluding hydrogens is 218 g/mol. The molecule has 1 heterocycles. The second kappa shape index (κ2) is 4.52. The number of nitriles is 1. The van der Waals surface area contributed by atoms with Crippen LogP contribution in [0, 0.1) is 23.7 Å². The third kappa shape index (κ3) is 2.81. The van der Waals surface area contributed by atoms with E-state index in [1.54, 1.807) is 11.3 Å². The summed E-state index contributed by atoms with van der Waals surface area (Å²) in [6.07, 6.45) is 3.12. The van der Waals surface area contributed by atoms with Gasteiger partial charge in [0.05, 0.1) is 16.8 Å². The molecule has 16 heavy (non-hydrogen) atoms. The summed E-state index contributed by atoms with van der Waals surface area (Å²) in [6.45, 7) is 3.96. The van der Waals surface area contributed by atoms with Gasteiger partial charge in [-0.15, -0.1) is 11.3 Å². The maximum absolute atomic E-state index is 8.77. The zero-order valence-corrected chi connectivity index (χ0v) is 10.7. The average molecular weight is 235 g/mol. The van der Waals surface area contributed by atoms with Crippen molar-refractivity contribution in [3.63, 3.8) is 0 Å². The number of hydrogen-bond acceptors (Lipinski definition) is 4. The molecule has 1 aromatic rings. The second-order valence-corrected chi connectivity index (χ2v) is 5.93. The number of nitrogens with zero attached hydrogens (tertiary/aromatic N) is 3. The number of thiazole rings is 1. The molecule has 2 rings (SSSR count). The Morgan fingerprint density at radius 3 is 2.88 bits per heavy atom. The molecular formula is C12H17N3S. The number of hydrogen-bond donors (Lipinski definition) is 0. The van der Waals surface area contributed by atoms with Gasteiger partial charge in [-0.3, -0.25) is 4.90 Å². The van der Waals surface area contributed by atoms with E-state index in [9.17, 15) is 0 Å². The van der Waals surface area contributed by atoms with E-state index in [1.165, 1.54) is 12.8 Å². The Bertz CT molecular complexity index is 401. The fourth-order valence-corrected chi connectivity index (χ4v) is 2.72. The fraction of sp³-hybridized carbons (Fsp3) is 0.667. The molecule has 1 aliphatic rings. The standard InChI is InChI=1S/C12H17N3S/c1-10-14-11(8-16-10)7-15(2)9-12(3-4-12)5-6-13/h8H,3-5,7,9H2,1-2H3. The van der Waals surface area contributed by atoms with Crippen molar-refractivity contribution in [1.82, 2.24) is 9.88 Å². The monoisotopic (exact) mass is 235 g/mol. The Morgan fingerprint density at radius 2 is 2.38 bits per heavy atom. The van der Waals surface area contributed by atoms with Gasteiger partial charge in [0, 0.05) is 24.9 Å². The topological polar surface area (TPSA) is 39.9 Å². The van der Waals surface area contributed by atoms with Crippen molar-refractivity contribution in [3.8, 4) is 6.07 Å². The highest BCUT2D eigenvalue weighted by atomic mass is 32.1. The van der Waals surface area contributed by atoms with E-state index in [0.717, 1.165) is 23.8 Å². The lowest BCUT2D eigenvalue weighted by atomic mass is 10.0. The Labute approximate surface area is 101 Å². The molecule has 3 nitrogen and oxygen atoms in total. The van der Waals surface area contributed by atoms with Crippen molar-refractivity contribution < 1.29 is 0 Å². The zero-order valence-electron chi connectivity index (χ0n) is 9.86. The quantitative estimate of drug-likeness (QED) is 0.787. The van der Waals surface area contributed by atoms with Crippen LogP contribution in [0.1, 0.15) is 30.0 Å². The van der Waals surface area contributed by atoms with Crippen LogP contribution >= 0.6 is 11.3 Å². The van der Waals surface area contributed by atoms with Crippen LogP contribution in [0.2, 0.25) is 0 Å². The molecule has 1 aromatic heterocycles. The molecule has 0 bridgehead atoms. The molecule has 0 aromatic carbocycles. The highest BCUT2D eigenvalue weighted by Crippen LogP contribution is 2.49. The Kier molecular flexibility index (Phi) is 3.27. The summed E-state index contributed by atoms with van der Waals surface area (Å²) in [6, 6.07) is 2.30. The van der Waals surface area contributed by atoms with Crippen molar-refractivity contribution in [2.24, 2.45) is 5.41 Å². The lowest BCUT2D eigenvalue weighted by Crippen LogP contribution is -2.26. The molecule has 0 amide bonds. The predicted octanol–water partition coefficient (Wildman–Crippen LogP) is 2.58. The van der Waals surface area contributed by atoms with Crippen LogP contribution in [0.4, 0.5) is 0 Å². The van der Waals surface area contributed by atoms with Gasteiger partial charge in [0.2, 0.25) is 0 Å². The van der Waals surface area contributed by atoms with Gasteiger partial charge < -0.3 is 0 Å². The molecule has 1 fully saturated rings. The molecule has 1 saturated carbocycles. The Balaban J connectivity index is 1.85. The minimum Gasteiger partial charge on any atom is -0.300 e. The van der Waals surface area contributed by atoms with E-state index >= 15 is 0 Å². The second-order valence-electron chi connectivity index (χ2n) is 4.87. The number of rotatable bonds is 5. The van der Waals surface area contributed by atoms with Gasteiger partial charge in [-0.2, -0.15) is 5.26 Å². The van der Waals surface area contributed by atoms with Crippen LogP contribution in [0.5, 0.6) is 0 Å². The van der Waals surface area contributed by atoms with Crippen molar-refractivity contribution in [3.05, 3.63) is 16.1 Å². The first-order chi connectivity index (χ1) is 7.63. The number of aryl methyl sites for hydroxylation is 1. The first-order valence-corrected chi connectivity index (χ1v) is 6.48. The van der Waals surface area contributed by atoms with Crippen molar-refractivity contribution >= 4 is 11.3 Å². The molecule has 4 heteroatoms. The summed E-state index contributed by atoms with van der Waals surface area (Å²) in [4.78, 5) is 6.75. The highest BCUT2D eigenvalue weighted by Gasteiger charge is 2.43. The van der Waals surface area contributed by atoms with Crippen molar-refractivity contribution in [2.45, 2.75) is 32.7 Å². The summed E-state index contributed by atoms with van der Waals surface area (Å²) < 4.78 is 0. The van der Waals surface area contributed by atoms with E-state index in [-0.39, 0.29) is 0 Å². The van der Waals surface area contributed by atoms with Crippen LogP contribution in [-0.2, 0) is 6.54 Å². The van der Waals surface area contributed by atoms with Gasteiger partial charge in [-0.05, 0) is 32.2 Å². The summed E-state index contributed by atoms with van der Waals surface area (Å²) in [5.41, 5.74) is 1.45. The van der Waals surface area contributed by atoms with Crippen molar-refractivity contribution in [1.29, 1.82) is 5.26 Å². The van der Waals surface area contributed by atoms with E-state index in [4.69, 9.17) is 5.26 Å². The van der Waals surface area contributed by atoms with Gasteiger partial charge >= 0.3 is 0 Å². The molecule has 0 saturated heterocycles. The van der Waals surface area contributed by atoms with Crippen LogP contribution in [0.25, 0.3) is 0 Å². The minimum absolute atomic E-state index is 0.300. The fourth-order valence-electron chi connectivity index (χ4n) is 2.12. The summed E-state index contributed by atoms with van der Waals surface area (Å²) in [5, 5.41) is 12.0. The molecule has 0 spiro atoms. The smallest absolute Gasteiger partial charge is 0.0897 e. The molecule has 0 N–H and O–H groups in total. The summed E-state index contributed by atoms with van der Waals surface area (Å²) >= 11 is 1.70. The molecule has 0 atom stereocenters. The average Bonchev–Trinajstić information content (AvgIpc) is 2.82. The zero-order chi connectivity index (χ0) is 11.6. The highest BCUT2D eigenvalue weighted by molar-refractivity contribution is 7.09. The van der Waals surface area contributed by atoms with E-state index in [2.05, 4.69) is 28.4 Å². The lowest BCUT2D eigenvalue weighted by Gasteiger charge is -2.20. The van der Waals surface area contributed by atoms with Crippen LogP contribution < -0.4 is 0 Å². The maximum atomic E-state index is 8.77. The Morgan fingerprint density at radius 1 is 1.62 bits per heavy atom. The third-order valence-corrected chi connectivity index (χ3v) is 3.94. The van der Waals surface area contributed by atoms with Crippen LogP contribution in [0.3, 0.4) is 0 Å². The maximum Gasteiger partial charge on any atom is 0.0897 e. The molecule has 86 valence electrons. The largest absolute Gasteiger partial charge is 0.300 e. The van der Waals surface area contributed by atoms with Gasteiger partial charge in [0.15, 0.2) is 0 Å². The van der Waals surface area contributed by atoms with Gasteiger partial charge in [0.25, 0.3) is 0 Å². The third-order valence-electron chi connectivity index (χ3n) is 3.11. The molecule has 0 radical (unpaired) electrons. The van der Waals surface area contributed by atoms with Crippen LogP contribution in [0.15, 0.2) is 5.38 Å². The van der Waals surface area contributed by atoms with Crippen LogP contribution in [-0.4, -0.2) is 23.5 Å². The first-order valence-electron chi connectivity index (χ1n) is 5.60. The minimum atomic E-state index is 0.300. The normalized spacial score (nSPS) is 17.4. The summed E-state index contributed by atoms with van der Waals surface area (Å²) in [7, 11) is 2.12. The Hall–Kier alpha value is -0.920. The van der Waals surface area contributed by atoms with E-state index in [1.807, 2.05) is 6.92 Å². The SMILES string of the molecule is Cc1nc(CN(C)CC2(CC#N)CC2)cs1. The molecule has 0 aliphatic heterocycles. The molecule has 0 unspecified atom stereocenters. The first kappa shape index (κ1) is 11.6. The van der Waals surface area contributed by atoms with Crippen molar-refractivity contribution in [2.75, 3.05) is 13.6 Å².